The van der Waals surface area contributed by atoms with E-state index in [-0.39, 0.29) is 11.9 Å². The van der Waals surface area contributed by atoms with Gasteiger partial charge >= 0.3 is 5.97 Å². The lowest BCUT2D eigenvalue weighted by molar-refractivity contribution is -0.155. The molecule has 3 rings (SSSR count). The highest BCUT2D eigenvalue weighted by molar-refractivity contribution is 5.81. The Bertz CT molecular complexity index is 476. The average molecular weight is 273 g/mol. The third kappa shape index (κ3) is 1.97. The highest BCUT2D eigenvalue weighted by atomic mass is 16.6. The monoisotopic (exact) mass is 273 g/mol. The second-order valence-electron chi connectivity index (χ2n) is 7.36. The van der Waals surface area contributed by atoms with Crippen molar-refractivity contribution in [3.05, 3.63) is 12.7 Å². The predicted molar refractivity (Wildman–Crippen MR) is 75.4 cm³/mol. The largest absolute Gasteiger partial charge is 0.456 e. The summed E-state index contributed by atoms with van der Waals surface area (Å²) in [6, 6.07) is 2.50. The van der Waals surface area contributed by atoms with Crippen LogP contribution in [0.1, 0.15) is 39.5 Å². The first kappa shape index (κ1) is 13.7. The molecule has 0 aromatic heterocycles. The molecule has 0 aromatic rings. The molecule has 0 N–H and O–H groups in total. The van der Waals surface area contributed by atoms with E-state index < -0.39 is 5.60 Å². The Hall–Kier alpha value is -1.30. The number of rotatable bonds is 3. The van der Waals surface area contributed by atoms with Crippen LogP contribution in [0.25, 0.3) is 0 Å². The van der Waals surface area contributed by atoms with Gasteiger partial charge in [0.15, 0.2) is 0 Å². The molecule has 20 heavy (non-hydrogen) atoms. The van der Waals surface area contributed by atoms with Crippen molar-refractivity contribution in [2.45, 2.75) is 45.1 Å². The molecule has 3 nitrogen and oxygen atoms in total. The Labute approximate surface area is 121 Å². The third-order valence-electron chi connectivity index (χ3n) is 6.15. The fourth-order valence-corrected chi connectivity index (χ4v) is 5.17. The minimum atomic E-state index is -0.419. The Balaban J connectivity index is 1.71. The first-order valence-corrected chi connectivity index (χ1v) is 7.71. The summed E-state index contributed by atoms with van der Waals surface area (Å²) in [6.07, 6.45) is 5.87. The first-order valence-electron chi connectivity index (χ1n) is 7.71. The summed E-state index contributed by atoms with van der Waals surface area (Å²) in [5.41, 5.74) is -0.419. The molecular weight excluding hydrogens is 250 g/mol. The van der Waals surface area contributed by atoms with Gasteiger partial charge in [-0.25, -0.2) is 4.79 Å². The van der Waals surface area contributed by atoms with Crippen LogP contribution in [0.3, 0.4) is 0 Å². The number of hydrogen-bond acceptors (Lipinski definition) is 3. The summed E-state index contributed by atoms with van der Waals surface area (Å²) in [5.74, 6) is 3.16. The van der Waals surface area contributed by atoms with Crippen LogP contribution < -0.4 is 0 Å². The molecule has 6 atom stereocenters. The molecule has 3 aliphatic carbocycles. The van der Waals surface area contributed by atoms with E-state index in [2.05, 4.69) is 12.6 Å². The van der Waals surface area contributed by atoms with Gasteiger partial charge < -0.3 is 4.74 Å². The summed E-state index contributed by atoms with van der Waals surface area (Å²) in [6.45, 7) is 7.51. The Morgan fingerprint density at radius 3 is 2.60 bits per heavy atom. The van der Waals surface area contributed by atoms with Crippen molar-refractivity contribution in [2.24, 2.45) is 35.5 Å². The lowest BCUT2D eigenvalue weighted by Gasteiger charge is -2.32. The number of nitrogens with zero attached hydrogens (tertiary/aromatic N) is 1. The zero-order valence-electron chi connectivity index (χ0n) is 12.3. The third-order valence-corrected chi connectivity index (χ3v) is 6.15. The average Bonchev–Trinajstić information content (AvgIpc) is 3.07. The lowest BCUT2D eigenvalue weighted by Crippen LogP contribution is -2.35. The van der Waals surface area contributed by atoms with Gasteiger partial charge in [0.25, 0.3) is 0 Å². The molecule has 0 aliphatic heterocycles. The van der Waals surface area contributed by atoms with Gasteiger partial charge in [-0.1, -0.05) is 6.58 Å². The van der Waals surface area contributed by atoms with Crippen molar-refractivity contribution in [3.63, 3.8) is 0 Å². The number of fused-ring (bicyclic) bond motifs is 5. The number of carbonyl (C=O) groups excluding carboxylic acids is 1. The normalized spacial score (nSPS) is 42.0. The van der Waals surface area contributed by atoms with Crippen molar-refractivity contribution in [3.8, 4) is 6.07 Å². The van der Waals surface area contributed by atoms with E-state index in [9.17, 15) is 10.1 Å². The van der Waals surface area contributed by atoms with Gasteiger partial charge in [0.1, 0.15) is 5.60 Å². The van der Waals surface area contributed by atoms with Crippen LogP contribution >= 0.6 is 0 Å². The van der Waals surface area contributed by atoms with Crippen molar-refractivity contribution in [1.82, 2.24) is 0 Å². The fourth-order valence-electron chi connectivity index (χ4n) is 5.17. The molecule has 0 spiro atoms. The number of ether oxygens (including phenoxy) is 1. The first-order chi connectivity index (χ1) is 9.46. The summed E-state index contributed by atoms with van der Waals surface area (Å²) >= 11 is 0. The van der Waals surface area contributed by atoms with Gasteiger partial charge in [-0.05, 0) is 69.1 Å². The molecule has 3 aliphatic rings. The molecule has 6 unspecified atom stereocenters. The molecule has 0 amide bonds. The lowest BCUT2D eigenvalue weighted by atomic mass is 9.76. The topological polar surface area (TPSA) is 50.1 Å². The molecule has 3 heteroatoms. The number of hydrogen-bond donors (Lipinski definition) is 0. The van der Waals surface area contributed by atoms with E-state index in [1.165, 1.54) is 12.5 Å². The van der Waals surface area contributed by atoms with E-state index in [0.29, 0.717) is 17.8 Å². The zero-order valence-corrected chi connectivity index (χ0v) is 12.3. The van der Waals surface area contributed by atoms with Crippen molar-refractivity contribution in [2.75, 3.05) is 0 Å². The van der Waals surface area contributed by atoms with Crippen LogP contribution in [0.5, 0.6) is 0 Å². The quantitative estimate of drug-likeness (QED) is 0.585. The van der Waals surface area contributed by atoms with Gasteiger partial charge in [-0.3, -0.25) is 0 Å². The fraction of sp³-hybridized carbons (Fsp3) is 0.765. The second kappa shape index (κ2) is 4.62. The van der Waals surface area contributed by atoms with Gasteiger partial charge in [0.2, 0.25) is 0 Å². The van der Waals surface area contributed by atoms with E-state index in [1.807, 2.05) is 13.8 Å². The Morgan fingerprint density at radius 1 is 1.25 bits per heavy atom. The molecule has 108 valence electrons. The van der Waals surface area contributed by atoms with Crippen LogP contribution in [0.15, 0.2) is 12.7 Å². The predicted octanol–water partition coefficient (Wildman–Crippen LogP) is 3.32. The smallest absolute Gasteiger partial charge is 0.330 e. The van der Waals surface area contributed by atoms with Crippen LogP contribution in [0.2, 0.25) is 0 Å². The van der Waals surface area contributed by atoms with Crippen LogP contribution in [0, 0.1) is 46.8 Å². The number of nitriles is 1. The molecule has 0 saturated heterocycles. The summed E-state index contributed by atoms with van der Waals surface area (Å²) in [5, 5.41) is 9.25. The van der Waals surface area contributed by atoms with Crippen LogP contribution in [-0.4, -0.2) is 11.6 Å². The van der Waals surface area contributed by atoms with E-state index in [1.54, 1.807) is 0 Å². The van der Waals surface area contributed by atoms with Crippen LogP contribution in [-0.2, 0) is 9.53 Å². The van der Waals surface area contributed by atoms with Crippen molar-refractivity contribution < 1.29 is 9.53 Å². The minimum absolute atomic E-state index is 0.277. The van der Waals surface area contributed by atoms with E-state index in [0.717, 1.165) is 31.1 Å². The molecule has 2 bridgehead atoms. The van der Waals surface area contributed by atoms with Crippen molar-refractivity contribution in [1.29, 1.82) is 5.26 Å². The highest BCUT2D eigenvalue weighted by Gasteiger charge is 2.58. The molecule has 3 saturated carbocycles. The zero-order chi connectivity index (χ0) is 14.5. The van der Waals surface area contributed by atoms with E-state index >= 15 is 0 Å². The highest BCUT2D eigenvalue weighted by Crippen LogP contribution is 2.63. The number of carbonyl (C=O) groups is 1. The Kier molecular flexibility index (Phi) is 3.16. The van der Waals surface area contributed by atoms with Gasteiger partial charge in [0.05, 0.1) is 6.07 Å². The summed E-state index contributed by atoms with van der Waals surface area (Å²) in [4.78, 5) is 11.5. The maximum absolute atomic E-state index is 11.5. The summed E-state index contributed by atoms with van der Waals surface area (Å²) in [7, 11) is 0. The SMILES string of the molecule is C=CC(=O)OC(C)(C)C1CC2C3CC(C#N)C(C3)C2C1. The van der Waals surface area contributed by atoms with Crippen LogP contribution in [0.4, 0.5) is 0 Å². The van der Waals surface area contributed by atoms with E-state index in [4.69, 9.17) is 4.74 Å². The summed E-state index contributed by atoms with van der Waals surface area (Å²) < 4.78 is 5.56. The molecule has 0 heterocycles. The van der Waals surface area contributed by atoms with Gasteiger partial charge in [0, 0.05) is 12.0 Å². The molecule has 0 radical (unpaired) electrons. The molecular formula is C17H23NO2. The standard InChI is InChI=1S/C17H23NO2/c1-4-16(19)20-17(2,3)12-7-14-10-5-11(9-18)13(6-10)15(14)8-12/h4,10-15H,1,5-8H2,2-3H3. The van der Waals surface area contributed by atoms with Gasteiger partial charge in [-0.2, -0.15) is 5.26 Å². The molecule has 0 aromatic carbocycles. The maximum Gasteiger partial charge on any atom is 0.330 e. The maximum atomic E-state index is 11.5. The molecule has 3 fully saturated rings. The second-order valence-corrected chi connectivity index (χ2v) is 7.36. The van der Waals surface area contributed by atoms with Crippen molar-refractivity contribution >= 4 is 5.97 Å². The minimum Gasteiger partial charge on any atom is -0.456 e. The number of esters is 1. The Morgan fingerprint density at radius 2 is 1.95 bits per heavy atom. The van der Waals surface area contributed by atoms with Gasteiger partial charge in [-0.15, -0.1) is 0 Å².